The van der Waals surface area contributed by atoms with E-state index in [-0.39, 0.29) is 19.4 Å². The van der Waals surface area contributed by atoms with Crippen molar-refractivity contribution in [3.63, 3.8) is 0 Å². The van der Waals surface area contributed by atoms with E-state index in [4.69, 9.17) is 15.2 Å². The van der Waals surface area contributed by atoms with E-state index in [2.05, 4.69) is 10.2 Å². The highest BCUT2D eigenvalue weighted by Crippen LogP contribution is 2.29. The van der Waals surface area contributed by atoms with Crippen LogP contribution in [0.1, 0.15) is 36.1 Å². The van der Waals surface area contributed by atoms with Gasteiger partial charge in [-0.1, -0.05) is 12.1 Å². The summed E-state index contributed by atoms with van der Waals surface area (Å²) in [7, 11) is 1.55. The molecule has 0 saturated carbocycles. The van der Waals surface area contributed by atoms with Gasteiger partial charge in [-0.3, -0.25) is 19.5 Å². The van der Waals surface area contributed by atoms with Gasteiger partial charge in [-0.25, -0.2) is 0 Å². The second-order valence-corrected chi connectivity index (χ2v) is 5.45. The molecule has 0 aliphatic rings. The summed E-state index contributed by atoms with van der Waals surface area (Å²) in [6, 6.07) is 6.98. The molecular formula is C17H21N3O5. The van der Waals surface area contributed by atoms with Crippen molar-refractivity contribution in [2.24, 2.45) is 5.73 Å². The third kappa shape index (κ3) is 4.50. The monoisotopic (exact) mass is 347 g/mol. The lowest BCUT2D eigenvalue weighted by atomic mass is 9.87. The number of H-pyrrole nitrogens is 2. The zero-order valence-electron chi connectivity index (χ0n) is 14.1. The van der Waals surface area contributed by atoms with E-state index in [1.807, 2.05) is 0 Å². The lowest BCUT2D eigenvalue weighted by Crippen LogP contribution is -2.21. The number of aromatic nitrogens is 2. The number of amides is 1. The van der Waals surface area contributed by atoms with Crippen LogP contribution in [0.25, 0.3) is 0 Å². The number of benzene rings is 1. The second-order valence-electron chi connectivity index (χ2n) is 5.45. The first kappa shape index (κ1) is 18.3. The van der Waals surface area contributed by atoms with Crippen LogP contribution in [0, 0.1) is 0 Å². The zero-order valence-corrected chi connectivity index (χ0v) is 14.1. The molecule has 0 fully saturated rings. The quantitative estimate of drug-likeness (QED) is 0.609. The number of carbonyl (C=O) groups excluding carboxylic acids is 2. The summed E-state index contributed by atoms with van der Waals surface area (Å²) in [4.78, 5) is 35.6. The fourth-order valence-electron chi connectivity index (χ4n) is 2.69. The number of hydrogen-bond donors (Lipinski definition) is 3. The van der Waals surface area contributed by atoms with Gasteiger partial charge in [0, 0.05) is 17.9 Å². The molecule has 8 heteroatoms. The number of primary amides is 1. The van der Waals surface area contributed by atoms with Crippen LogP contribution in [0.3, 0.4) is 0 Å². The van der Waals surface area contributed by atoms with E-state index in [1.54, 1.807) is 38.3 Å². The van der Waals surface area contributed by atoms with Crippen molar-refractivity contribution in [1.29, 1.82) is 0 Å². The summed E-state index contributed by atoms with van der Waals surface area (Å²) in [5.74, 6) is -0.950. The first-order valence-corrected chi connectivity index (χ1v) is 7.83. The molecule has 1 heterocycles. The van der Waals surface area contributed by atoms with E-state index in [9.17, 15) is 14.4 Å². The minimum absolute atomic E-state index is 0.0664. The SMILES string of the molecule is CCOC(=O)Cc1[nH][nH]c(=O)c1[C@@H](CC(N)=O)c1ccc(OC)cc1. The van der Waals surface area contributed by atoms with Gasteiger partial charge in [0.1, 0.15) is 5.75 Å². The average Bonchev–Trinajstić information content (AvgIpc) is 2.93. The van der Waals surface area contributed by atoms with E-state index >= 15 is 0 Å². The van der Waals surface area contributed by atoms with Crippen LogP contribution in [0.2, 0.25) is 0 Å². The number of hydrogen-bond acceptors (Lipinski definition) is 5. The Morgan fingerprint density at radius 2 is 1.88 bits per heavy atom. The van der Waals surface area contributed by atoms with E-state index < -0.39 is 23.4 Å². The molecule has 1 aromatic heterocycles. The second kappa shape index (κ2) is 8.18. The molecule has 2 aromatic rings. The van der Waals surface area contributed by atoms with Gasteiger partial charge in [0.15, 0.2) is 0 Å². The Morgan fingerprint density at radius 3 is 2.44 bits per heavy atom. The number of nitrogens with one attached hydrogen (secondary N) is 2. The summed E-state index contributed by atoms with van der Waals surface area (Å²) in [5.41, 5.74) is 6.36. The fourth-order valence-corrected chi connectivity index (χ4v) is 2.69. The Morgan fingerprint density at radius 1 is 1.20 bits per heavy atom. The minimum atomic E-state index is -0.581. The summed E-state index contributed by atoms with van der Waals surface area (Å²) in [6.07, 6.45) is -0.170. The van der Waals surface area contributed by atoms with Crippen LogP contribution < -0.4 is 16.0 Å². The topological polar surface area (TPSA) is 127 Å². The number of esters is 1. The van der Waals surface area contributed by atoms with Crippen molar-refractivity contribution in [3.05, 3.63) is 51.4 Å². The van der Waals surface area contributed by atoms with Crippen LogP contribution in [-0.4, -0.2) is 35.8 Å². The molecule has 1 amide bonds. The van der Waals surface area contributed by atoms with Crippen molar-refractivity contribution in [2.75, 3.05) is 13.7 Å². The molecule has 0 radical (unpaired) electrons. The molecule has 1 atom stereocenters. The first-order chi connectivity index (χ1) is 12.0. The first-order valence-electron chi connectivity index (χ1n) is 7.83. The molecule has 0 aliphatic heterocycles. The standard InChI is InChI=1S/C17H21N3O5/c1-3-25-15(22)9-13-16(17(23)20-19-13)12(8-14(18)21)10-4-6-11(24-2)7-5-10/h4-7,12H,3,8-9H2,1-2H3,(H2,18,21)(H2,19,20,23)/t12-/m0/s1. The lowest BCUT2D eigenvalue weighted by Gasteiger charge is -2.16. The number of ether oxygens (including phenoxy) is 2. The van der Waals surface area contributed by atoms with Gasteiger partial charge in [0.2, 0.25) is 5.91 Å². The van der Waals surface area contributed by atoms with Crippen molar-refractivity contribution >= 4 is 11.9 Å². The molecule has 1 aromatic carbocycles. The van der Waals surface area contributed by atoms with E-state index in [1.165, 1.54) is 0 Å². The number of aromatic amines is 2. The Labute approximate surface area is 144 Å². The normalized spacial score (nSPS) is 11.8. The molecule has 0 spiro atoms. The number of carbonyl (C=O) groups is 2. The molecule has 134 valence electrons. The highest BCUT2D eigenvalue weighted by Gasteiger charge is 2.26. The molecular weight excluding hydrogens is 326 g/mol. The average molecular weight is 347 g/mol. The van der Waals surface area contributed by atoms with Crippen molar-refractivity contribution in [1.82, 2.24) is 10.2 Å². The van der Waals surface area contributed by atoms with E-state index in [0.717, 1.165) is 5.56 Å². The molecule has 0 saturated heterocycles. The predicted molar refractivity (Wildman–Crippen MR) is 90.4 cm³/mol. The van der Waals surface area contributed by atoms with Crippen LogP contribution in [0.15, 0.2) is 29.1 Å². The van der Waals surface area contributed by atoms with Gasteiger partial charge >= 0.3 is 5.97 Å². The molecule has 0 unspecified atom stereocenters. The molecule has 2 rings (SSSR count). The van der Waals surface area contributed by atoms with Gasteiger partial charge in [0.25, 0.3) is 5.56 Å². The van der Waals surface area contributed by atoms with Crippen molar-refractivity contribution in [2.45, 2.75) is 25.7 Å². The third-order valence-electron chi connectivity index (χ3n) is 3.80. The molecule has 4 N–H and O–H groups in total. The van der Waals surface area contributed by atoms with Crippen LogP contribution in [0.5, 0.6) is 5.75 Å². The Hall–Kier alpha value is -3.03. The summed E-state index contributed by atoms with van der Waals surface area (Å²) >= 11 is 0. The molecule has 0 aliphatic carbocycles. The third-order valence-corrected chi connectivity index (χ3v) is 3.80. The number of methoxy groups -OCH3 is 1. The number of rotatable bonds is 8. The maximum Gasteiger partial charge on any atom is 0.311 e. The Balaban J connectivity index is 2.43. The Bertz CT molecular complexity index is 791. The summed E-state index contributed by atoms with van der Waals surface area (Å²) in [6.45, 7) is 1.94. The summed E-state index contributed by atoms with van der Waals surface area (Å²) in [5, 5.41) is 5.16. The molecule has 8 nitrogen and oxygen atoms in total. The highest BCUT2D eigenvalue weighted by molar-refractivity contribution is 5.76. The molecule has 0 bridgehead atoms. The zero-order chi connectivity index (χ0) is 18.4. The summed E-state index contributed by atoms with van der Waals surface area (Å²) < 4.78 is 10.0. The van der Waals surface area contributed by atoms with Gasteiger partial charge in [-0.2, -0.15) is 0 Å². The number of nitrogens with two attached hydrogens (primary N) is 1. The van der Waals surface area contributed by atoms with Gasteiger partial charge in [0.05, 0.1) is 25.8 Å². The highest BCUT2D eigenvalue weighted by atomic mass is 16.5. The minimum Gasteiger partial charge on any atom is -0.497 e. The lowest BCUT2D eigenvalue weighted by molar-refractivity contribution is -0.142. The predicted octanol–water partition coefficient (Wildman–Crippen LogP) is 0.825. The van der Waals surface area contributed by atoms with Crippen LogP contribution >= 0.6 is 0 Å². The van der Waals surface area contributed by atoms with Gasteiger partial charge < -0.3 is 20.3 Å². The maximum atomic E-state index is 12.3. The van der Waals surface area contributed by atoms with Crippen LogP contribution in [0.4, 0.5) is 0 Å². The van der Waals surface area contributed by atoms with Gasteiger partial charge in [-0.15, -0.1) is 0 Å². The molecule has 25 heavy (non-hydrogen) atoms. The maximum absolute atomic E-state index is 12.3. The smallest absolute Gasteiger partial charge is 0.311 e. The van der Waals surface area contributed by atoms with E-state index in [0.29, 0.717) is 17.0 Å². The van der Waals surface area contributed by atoms with Crippen molar-refractivity contribution < 1.29 is 19.1 Å². The fraction of sp³-hybridized carbons (Fsp3) is 0.353. The largest absolute Gasteiger partial charge is 0.497 e. The van der Waals surface area contributed by atoms with Gasteiger partial charge in [-0.05, 0) is 24.6 Å². The van der Waals surface area contributed by atoms with Crippen LogP contribution in [-0.2, 0) is 20.7 Å². The Kier molecular flexibility index (Phi) is 5.99. The van der Waals surface area contributed by atoms with Crippen molar-refractivity contribution in [3.8, 4) is 5.75 Å².